The van der Waals surface area contributed by atoms with E-state index in [0.717, 1.165) is 11.1 Å². The molecule has 0 unspecified atom stereocenters. The number of carbonyl (C=O) groups is 2. The maximum atomic E-state index is 13.2. The molecule has 5 nitrogen and oxygen atoms in total. The molecule has 1 atom stereocenters. The Morgan fingerprint density at radius 1 is 1.18 bits per heavy atom. The lowest BCUT2D eigenvalue weighted by molar-refractivity contribution is -0.138. The van der Waals surface area contributed by atoms with Gasteiger partial charge in [-0.3, -0.25) is 9.69 Å². The van der Waals surface area contributed by atoms with Crippen molar-refractivity contribution in [3.63, 3.8) is 0 Å². The summed E-state index contributed by atoms with van der Waals surface area (Å²) in [6.07, 6.45) is 0.512. The molecule has 0 bridgehead atoms. The second kappa shape index (κ2) is 8.77. The molecule has 1 heterocycles. The third-order valence-corrected chi connectivity index (χ3v) is 5.58. The van der Waals surface area contributed by atoms with Gasteiger partial charge in [-0.15, -0.1) is 0 Å². The van der Waals surface area contributed by atoms with Crippen LogP contribution >= 0.6 is 11.8 Å². The van der Waals surface area contributed by atoms with Crippen LogP contribution < -0.4 is 4.90 Å². The number of nitrogens with zero attached hydrogens (tertiary/aromatic N) is 2. The summed E-state index contributed by atoms with van der Waals surface area (Å²) in [5.41, 5.74) is 2.66. The second-order valence-corrected chi connectivity index (χ2v) is 7.51. The van der Waals surface area contributed by atoms with Crippen molar-refractivity contribution in [2.24, 2.45) is 0 Å². The smallest absolute Gasteiger partial charge is 0.351 e. The average molecular weight is 392 g/mol. The Morgan fingerprint density at radius 3 is 2.46 bits per heavy atom. The van der Waals surface area contributed by atoms with E-state index in [9.17, 15) is 14.9 Å². The van der Waals surface area contributed by atoms with Crippen LogP contribution in [0.2, 0.25) is 0 Å². The predicted molar refractivity (Wildman–Crippen MR) is 109 cm³/mol. The lowest BCUT2D eigenvalue weighted by atomic mass is 10.1. The standard InChI is InChI=1S/C22H20N2O3S/c1-3-27-22(26)18(14-23)21-24(17-7-5-4-6-8-17)20(25)19(28-21)13-16-11-9-15(2)10-12-16/h4-12,19H,3,13H2,1-2H3/b21-18-/t19-/m1/s1. The van der Waals surface area contributed by atoms with Crippen LogP contribution in [0.4, 0.5) is 5.69 Å². The zero-order valence-corrected chi connectivity index (χ0v) is 16.5. The lowest BCUT2D eigenvalue weighted by Gasteiger charge is -2.18. The summed E-state index contributed by atoms with van der Waals surface area (Å²) in [5.74, 6) is -0.860. The number of benzene rings is 2. The van der Waals surface area contributed by atoms with E-state index in [0.29, 0.717) is 17.1 Å². The summed E-state index contributed by atoms with van der Waals surface area (Å²) in [5, 5.41) is 9.49. The van der Waals surface area contributed by atoms with Gasteiger partial charge in [-0.1, -0.05) is 59.8 Å². The largest absolute Gasteiger partial charge is 0.462 e. The Bertz CT molecular complexity index is 946. The number of rotatable bonds is 5. The fraction of sp³-hybridized carbons (Fsp3) is 0.227. The summed E-state index contributed by atoms with van der Waals surface area (Å²) < 4.78 is 5.02. The van der Waals surface area contributed by atoms with Gasteiger partial charge in [0.1, 0.15) is 11.1 Å². The molecule has 3 rings (SSSR count). The molecule has 142 valence electrons. The van der Waals surface area contributed by atoms with E-state index in [1.54, 1.807) is 19.1 Å². The van der Waals surface area contributed by atoms with Gasteiger partial charge in [-0.25, -0.2) is 4.79 Å². The summed E-state index contributed by atoms with van der Waals surface area (Å²) >= 11 is 1.24. The van der Waals surface area contributed by atoms with E-state index in [1.807, 2.05) is 55.5 Å². The number of anilines is 1. The number of nitriles is 1. The van der Waals surface area contributed by atoms with E-state index >= 15 is 0 Å². The van der Waals surface area contributed by atoms with Gasteiger partial charge in [-0.2, -0.15) is 5.26 Å². The van der Waals surface area contributed by atoms with Gasteiger partial charge < -0.3 is 4.74 Å². The number of hydrogen-bond donors (Lipinski definition) is 0. The SMILES string of the molecule is CCOC(=O)/C(C#N)=C1\S[C@H](Cc2ccc(C)cc2)C(=O)N1c1ccccc1. The first-order chi connectivity index (χ1) is 13.5. The van der Waals surface area contributed by atoms with Crippen LogP contribution in [-0.2, 0) is 20.7 Å². The van der Waals surface area contributed by atoms with Gasteiger partial charge >= 0.3 is 5.97 Å². The minimum Gasteiger partial charge on any atom is -0.462 e. The van der Waals surface area contributed by atoms with Crippen molar-refractivity contribution in [2.75, 3.05) is 11.5 Å². The summed E-state index contributed by atoms with van der Waals surface area (Å²) in [7, 11) is 0. The van der Waals surface area contributed by atoms with Crippen LogP contribution in [0.5, 0.6) is 0 Å². The molecule has 0 aliphatic carbocycles. The van der Waals surface area contributed by atoms with Crippen LogP contribution in [0.25, 0.3) is 0 Å². The van der Waals surface area contributed by atoms with Crippen molar-refractivity contribution in [1.82, 2.24) is 0 Å². The molecular formula is C22H20N2O3S. The molecule has 1 amide bonds. The number of thioether (sulfide) groups is 1. The zero-order valence-electron chi connectivity index (χ0n) is 15.7. The molecule has 0 saturated carbocycles. The highest BCUT2D eigenvalue weighted by Crippen LogP contribution is 2.41. The molecular weight excluding hydrogens is 372 g/mol. The van der Waals surface area contributed by atoms with E-state index in [4.69, 9.17) is 4.74 Å². The first-order valence-corrected chi connectivity index (χ1v) is 9.85. The summed E-state index contributed by atoms with van der Waals surface area (Å²) in [6, 6.07) is 19.0. The number of carbonyl (C=O) groups excluding carboxylic acids is 2. The fourth-order valence-electron chi connectivity index (χ4n) is 2.93. The molecule has 0 radical (unpaired) electrons. The van der Waals surface area contributed by atoms with Gasteiger partial charge in [-0.05, 0) is 38.0 Å². The van der Waals surface area contributed by atoms with Crippen molar-refractivity contribution in [3.05, 3.63) is 76.3 Å². The minimum atomic E-state index is -0.711. The Morgan fingerprint density at radius 2 is 1.86 bits per heavy atom. The normalized spacial score (nSPS) is 18.0. The van der Waals surface area contributed by atoms with Crippen LogP contribution in [-0.4, -0.2) is 23.7 Å². The van der Waals surface area contributed by atoms with Crippen molar-refractivity contribution >= 4 is 29.3 Å². The van der Waals surface area contributed by atoms with E-state index < -0.39 is 11.2 Å². The number of aryl methyl sites for hydroxylation is 1. The summed E-state index contributed by atoms with van der Waals surface area (Å²) in [6.45, 7) is 3.85. The highest BCUT2D eigenvalue weighted by molar-refractivity contribution is 8.05. The predicted octanol–water partition coefficient (Wildman–Crippen LogP) is 3.98. The molecule has 1 aliphatic rings. The molecule has 28 heavy (non-hydrogen) atoms. The molecule has 2 aromatic carbocycles. The highest BCUT2D eigenvalue weighted by Gasteiger charge is 2.41. The molecule has 0 spiro atoms. The topological polar surface area (TPSA) is 70.4 Å². The van der Waals surface area contributed by atoms with Crippen molar-refractivity contribution in [2.45, 2.75) is 25.5 Å². The Hall–Kier alpha value is -3.04. The van der Waals surface area contributed by atoms with Gasteiger partial charge in [0.25, 0.3) is 0 Å². The average Bonchev–Trinajstić information content (AvgIpc) is 3.01. The van der Waals surface area contributed by atoms with Crippen molar-refractivity contribution in [3.8, 4) is 6.07 Å². The second-order valence-electron chi connectivity index (χ2n) is 6.32. The molecule has 1 fully saturated rings. The highest BCUT2D eigenvalue weighted by atomic mass is 32.2. The van der Waals surface area contributed by atoms with Crippen molar-refractivity contribution < 1.29 is 14.3 Å². The van der Waals surface area contributed by atoms with Crippen LogP contribution in [0.15, 0.2) is 65.2 Å². The van der Waals surface area contributed by atoms with Gasteiger partial charge in [0.05, 0.1) is 11.9 Å². The fourth-order valence-corrected chi connectivity index (χ4v) is 4.22. The third-order valence-electron chi connectivity index (χ3n) is 4.31. The van der Waals surface area contributed by atoms with E-state index in [2.05, 4.69) is 0 Å². The quantitative estimate of drug-likeness (QED) is 0.437. The number of hydrogen-bond acceptors (Lipinski definition) is 5. The van der Waals surface area contributed by atoms with Crippen LogP contribution in [0, 0.1) is 18.3 Å². The van der Waals surface area contributed by atoms with Crippen molar-refractivity contribution in [1.29, 1.82) is 5.26 Å². The number of ether oxygens (including phenoxy) is 1. The number of esters is 1. The number of amides is 1. The molecule has 2 aromatic rings. The molecule has 1 aliphatic heterocycles. The first kappa shape index (κ1) is 19.7. The van der Waals surface area contributed by atoms with E-state index in [-0.39, 0.29) is 18.1 Å². The molecule has 0 aromatic heterocycles. The van der Waals surface area contributed by atoms with Crippen LogP contribution in [0.3, 0.4) is 0 Å². The maximum absolute atomic E-state index is 13.2. The first-order valence-electron chi connectivity index (χ1n) is 8.97. The molecule has 1 saturated heterocycles. The van der Waals surface area contributed by atoms with Gasteiger partial charge in [0.15, 0.2) is 5.57 Å². The summed E-state index contributed by atoms with van der Waals surface area (Å²) in [4.78, 5) is 26.9. The molecule has 0 N–H and O–H groups in total. The third kappa shape index (κ3) is 4.10. The van der Waals surface area contributed by atoms with Crippen LogP contribution in [0.1, 0.15) is 18.1 Å². The number of para-hydroxylation sites is 1. The lowest BCUT2D eigenvalue weighted by Crippen LogP contribution is -2.30. The maximum Gasteiger partial charge on any atom is 0.351 e. The Labute approximate surface area is 168 Å². The van der Waals surface area contributed by atoms with Gasteiger partial charge in [0, 0.05) is 5.69 Å². The zero-order chi connectivity index (χ0) is 20.1. The minimum absolute atomic E-state index is 0.143. The Balaban J connectivity index is 2.01. The van der Waals surface area contributed by atoms with Gasteiger partial charge in [0.2, 0.25) is 5.91 Å². The van der Waals surface area contributed by atoms with E-state index in [1.165, 1.54) is 16.7 Å². The molecule has 6 heteroatoms. The monoisotopic (exact) mass is 392 g/mol. The Kier molecular flexibility index (Phi) is 6.17.